The van der Waals surface area contributed by atoms with Crippen molar-refractivity contribution in [3.05, 3.63) is 47.5 Å². The smallest absolute Gasteiger partial charge is 0.337 e. The second-order valence-corrected chi connectivity index (χ2v) is 4.00. The monoisotopic (exact) mass is 277 g/mol. The lowest BCUT2D eigenvalue weighted by Gasteiger charge is -2.12. The molecule has 6 heteroatoms. The van der Waals surface area contributed by atoms with Crippen LogP contribution in [0, 0.1) is 5.82 Å². The zero-order valence-corrected chi connectivity index (χ0v) is 10.6. The van der Waals surface area contributed by atoms with Crippen LogP contribution < -0.4 is 4.74 Å². The molecule has 1 heterocycles. The van der Waals surface area contributed by atoms with E-state index in [0.717, 1.165) is 6.20 Å². The third kappa shape index (κ3) is 2.46. The summed E-state index contributed by atoms with van der Waals surface area (Å²) in [6.45, 7) is -0.371. The highest BCUT2D eigenvalue weighted by Crippen LogP contribution is 2.34. The fourth-order valence-corrected chi connectivity index (χ4v) is 1.90. The fourth-order valence-electron chi connectivity index (χ4n) is 1.90. The number of halogens is 1. The molecule has 1 aromatic carbocycles. The first-order valence-electron chi connectivity index (χ1n) is 5.74. The van der Waals surface area contributed by atoms with Crippen molar-refractivity contribution in [2.45, 2.75) is 6.61 Å². The average Bonchev–Trinajstić information content (AvgIpc) is 2.46. The lowest BCUT2D eigenvalue weighted by atomic mass is 9.99. The Hall–Kier alpha value is -2.47. The number of nitrogens with zero attached hydrogens (tertiary/aromatic N) is 1. The molecule has 0 saturated heterocycles. The van der Waals surface area contributed by atoms with Gasteiger partial charge in [0, 0.05) is 11.8 Å². The van der Waals surface area contributed by atoms with E-state index in [-0.39, 0.29) is 34.7 Å². The van der Waals surface area contributed by atoms with E-state index in [1.807, 2.05) is 0 Å². The van der Waals surface area contributed by atoms with Gasteiger partial charge in [-0.25, -0.2) is 9.18 Å². The minimum atomic E-state index is -1.23. The third-order valence-corrected chi connectivity index (χ3v) is 2.82. The van der Waals surface area contributed by atoms with E-state index < -0.39 is 11.8 Å². The molecule has 0 bridgehead atoms. The number of methoxy groups -OCH3 is 1. The SMILES string of the molecule is COc1cccc(F)c1-c1cc(CO)ncc1C(=O)O. The highest BCUT2D eigenvalue weighted by Gasteiger charge is 2.19. The number of carbonyl (C=O) groups is 1. The van der Waals surface area contributed by atoms with Crippen LogP contribution in [0.2, 0.25) is 0 Å². The highest BCUT2D eigenvalue weighted by molar-refractivity contribution is 5.96. The molecule has 0 aliphatic carbocycles. The van der Waals surface area contributed by atoms with Crippen LogP contribution in [0.25, 0.3) is 11.1 Å². The van der Waals surface area contributed by atoms with Crippen molar-refractivity contribution in [1.29, 1.82) is 0 Å². The molecular weight excluding hydrogens is 265 g/mol. The second kappa shape index (κ2) is 5.66. The Morgan fingerprint density at radius 3 is 2.80 bits per heavy atom. The number of aliphatic hydroxyl groups is 1. The molecule has 5 nitrogen and oxygen atoms in total. The summed E-state index contributed by atoms with van der Waals surface area (Å²) in [4.78, 5) is 15.0. The van der Waals surface area contributed by atoms with E-state index in [1.165, 1.54) is 31.4 Å². The minimum Gasteiger partial charge on any atom is -0.496 e. The molecule has 2 aromatic rings. The average molecular weight is 277 g/mol. The van der Waals surface area contributed by atoms with Crippen LogP contribution in [-0.4, -0.2) is 28.3 Å². The lowest BCUT2D eigenvalue weighted by Crippen LogP contribution is -2.04. The first-order chi connectivity index (χ1) is 9.58. The van der Waals surface area contributed by atoms with Gasteiger partial charge in [0.05, 0.1) is 30.5 Å². The number of carboxylic acid groups (broad SMARTS) is 1. The van der Waals surface area contributed by atoms with E-state index >= 15 is 0 Å². The Labute approximate surface area is 114 Å². The Balaban J connectivity index is 2.76. The van der Waals surface area contributed by atoms with Gasteiger partial charge in [0.1, 0.15) is 11.6 Å². The molecule has 104 valence electrons. The van der Waals surface area contributed by atoms with Crippen molar-refractivity contribution < 1.29 is 24.1 Å². The van der Waals surface area contributed by atoms with Crippen molar-refractivity contribution in [3.63, 3.8) is 0 Å². The van der Waals surface area contributed by atoms with Crippen LogP contribution in [-0.2, 0) is 6.61 Å². The quantitative estimate of drug-likeness (QED) is 0.894. The molecule has 20 heavy (non-hydrogen) atoms. The zero-order valence-electron chi connectivity index (χ0n) is 10.6. The summed E-state index contributed by atoms with van der Waals surface area (Å²) in [6, 6.07) is 5.54. The fraction of sp³-hybridized carbons (Fsp3) is 0.143. The van der Waals surface area contributed by atoms with Crippen molar-refractivity contribution in [1.82, 2.24) is 4.98 Å². The molecule has 0 unspecified atom stereocenters. The van der Waals surface area contributed by atoms with Crippen LogP contribution in [0.1, 0.15) is 16.1 Å². The number of aromatic carboxylic acids is 1. The first kappa shape index (κ1) is 14.0. The van der Waals surface area contributed by atoms with Gasteiger partial charge in [0.25, 0.3) is 0 Å². The van der Waals surface area contributed by atoms with Crippen LogP contribution in [0.4, 0.5) is 4.39 Å². The van der Waals surface area contributed by atoms with Gasteiger partial charge in [-0.2, -0.15) is 0 Å². The number of ether oxygens (including phenoxy) is 1. The summed E-state index contributed by atoms with van der Waals surface area (Å²) < 4.78 is 19.1. The molecule has 0 spiro atoms. The van der Waals surface area contributed by atoms with Crippen LogP contribution in [0.3, 0.4) is 0 Å². The van der Waals surface area contributed by atoms with Gasteiger partial charge in [-0.15, -0.1) is 0 Å². The van der Waals surface area contributed by atoms with Gasteiger partial charge in [-0.1, -0.05) is 6.07 Å². The number of aromatic nitrogens is 1. The maximum absolute atomic E-state index is 14.0. The summed E-state index contributed by atoms with van der Waals surface area (Å²) in [7, 11) is 1.37. The van der Waals surface area contributed by atoms with Crippen molar-refractivity contribution >= 4 is 5.97 Å². The number of rotatable bonds is 4. The van der Waals surface area contributed by atoms with E-state index in [0.29, 0.717) is 0 Å². The molecule has 0 saturated carbocycles. The molecule has 2 N–H and O–H groups in total. The highest BCUT2D eigenvalue weighted by atomic mass is 19.1. The van der Waals surface area contributed by atoms with Crippen molar-refractivity contribution in [3.8, 4) is 16.9 Å². The largest absolute Gasteiger partial charge is 0.496 e. The second-order valence-electron chi connectivity index (χ2n) is 4.00. The zero-order chi connectivity index (χ0) is 14.7. The Morgan fingerprint density at radius 1 is 1.45 bits per heavy atom. The van der Waals surface area contributed by atoms with Gasteiger partial charge in [-0.3, -0.25) is 4.98 Å². The maximum atomic E-state index is 14.0. The number of carboxylic acids is 1. The molecule has 0 aliphatic heterocycles. The van der Waals surface area contributed by atoms with E-state index in [2.05, 4.69) is 4.98 Å². The van der Waals surface area contributed by atoms with E-state index in [1.54, 1.807) is 0 Å². The Kier molecular flexibility index (Phi) is 3.95. The Bertz CT molecular complexity index is 658. The van der Waals surface area contributed by atoms with Crippen molar-refractivity contribution in [2.24, 2.45) is 0 Å². The first-order valence-corrected chi connectivity index (χ1v) is 5.74. The van der Waals surface area contributed by atoms with Gasteiger partial charge in [-0.05, 0) is 18.2 Å². The predicted octanol–water partition coefficient (Wildman–Crippen LogP) is 2.09. The molecule has 0 aliphatic rings. The molecular formula is C14H12FNO4. The molecule has 0 radical (unpaired) electrons. The number of hydrogen-bond acceptors (Lipinski definition) is 4. The van der Waals surface area contributed by atoms with Gasteiger partial charge >= 0.3 is 5.97 Å². The molecule has 1 aromatic heterocycles. The number of hydrogen-bond donors (Lipinski definition) is 2. The molecule has 0 fully saturated rings. The van der Waals surface area contributed by atoms with Crippen LogP contribution in [0.15, 0.2) is 30.5 Å². The summed E-state index contributed by atoms with van der Waals surface area (Å²) in [6.07, 6.45) is 1.09. The summed E-state index contributed by atoms with van der Waals surface area (Å²) in [5.41, 5.74) is 0.233. The van der Waals surface area contributed by atoms with E-state index in [4.69, 9.17) is 9.84 Å². The standard InChI is InChI=1S/C14H12FNO4/c1-20-12-4-2-3-11(15)13(12)9-5-8(7-17)16-6-10(9)14(18)19/h2-6,17H,7H2,1H3,(H,18,19). The van der Waals surface area contributed by atoms with Crippen LogP contribution >= 0.6 is 0 Å². The lowest BCUT2D eigenvalue weighted by molar-refractivity contribution is 0.0697. The van der Waals surface area contributed by atoms with Crippen LogP contribution in [0.5, 0.6) is 5.75 Å². The van der Waals surface area contributed by atoms with Gasteiger partial charge in [0.15, 0.2) is 0 Å². The molecule has 0 atom stereocenters. The summed E-state index contributed by atoms with van der Waals surface area (Å²) >= 11 is 0. The maximum Gasteiger partial charge on any atom is 0.337 e. The summed E-state index contributed by atoms with van der Waals surface area (Å²) in [5, 5.41) is 18.3. The third-order valence-electron chi connectivity index (χ3n) is 2.82. The summed E-state index contributed by atoms with van der Waals surface area (Å²) in [5.74, 6) is -1.63. The number of pyridine rings is 1. The Morgan fingerprint density at radius 2 is 2.20 bits per heavy atom. The number of benzene rings is 1. The molecule has 0 amide bonds. The topological polar surface area (TPSA) is 79.7 Å². The van der Waals surface area contributed by atoms with E-state index in [9.17, 15) is 14.3 Å². The molecule has 2 rings (SSSR count). The van der Waals surface area contributed by atoms with Gasteiger partial charge < -0.3 is 14.9 Å². The van der Waals surface area contributed by atoms with Gasteiger partial charge in [0.2, 0.25) is 0 Å². The van der Waals surface area contributed by atoms with Crippen molar-refractivity contribution in [2.75, 3.05) is 7.11 Å². The number of aliphatic hydroxyl groups excluding tert-OH is 1. The normalized spacial score (nSPS) is 10.3. The predicted molar refractivity (Wildman–Crippen MR) is 69.1 cm³/mol. The minimum absolute atomic E-state index is 0.0319.